The standard InChI is InChI=1S/C16H21N5O3S/c1-10-4-5-13(11(2)6-10)21-16(25)20(17-18-21)9-19-8-12(22)7-14(19)15(23)24-3/h4-6,12,14,22H,7-9H2,1-3H3/p+1/t12-,14+/m1/s1. The highest BCUT2D eigenvalue weighted by Gasteiger charge is 2.41. The van der Waals surface area contributed by atoms with Gasteiger partial charge in [-0.15, -0.1) is 0 Å². The molecule has 134 valence electrons. The lowest BCUT2D eigenvalue weighted by atomic mass is 10.1. The highest BCUT2D eigenvalue weighted by Crippen LogP contribution is 2.14. The van der Waals surface area contributed by atoms with Gasteiger partial charge < -0.3 is 14.7 Å². The third-order valence-corrected chi connectivity index (χ3v) is 4.94. The third kappa shape index (κ3) is 3.48. The number of aliphatic hydroxyl groups is 1. The van der Waals surface area contributed by atoms with Crippen LogP contribution in [-0.2, 0) is 16.2 Å². The zero-order valence-corrected chi connectivity index (χ0v) is 15.3. The summed E-state index contributed by atoms with van der Waals surface area (Å²) in [6, 6.07) is 5.60. The van der Waals surface area contributed by atoms with Crippen molar-refractivity contribution in [2.45, 2.75) is 39.1 Å². The number of rotatable bonds is 4. The predicted octanol–water partition coefficient (Wildman–Crippen LogP) is -0.436. The van der Waals surface area contributed by atoms with Gasteiger partial charge in [0.15, 0.2) is 12.7 Å². The SMILES string of the molecule is COC(=O)[C@@H]1C[C@@H](O)C[NH+]1Cn1nnn(-c2ccc(C)cc2C)c1=S. The molecule has 9 heteroatoms. The molecule has 1 aromatic carbocycles. The second-order valence-corrected chi connectivity index (χ2v) is 6.81. The van der Waals surface area contributed by atoms with E-state index >= 15 is 0 Å². The zero-order valence-electron chi connectivity index (χ0n) is 14.5. The fourth-order valence-corrected chi connectivity index (χ4v) is 3.54. The summed E-state index contributed by atoms with van der Waals surface area (Å²) in [5.41, 5.74) is 3.10. The van der Waals surface area contributed by atoms with Gasteiger partial charge in [0.2, 0.25) is 4.77 Å². The summed E-state index contributed by atoms with van der Waals surface area (Å²) < 4.78 is 8.48. The Labute approximate surface area is 150 Å². The molecule has 1 saturated heterocycles. The molecule has 2 N–H and O–H groups in total. The Balaban J connectivity index is 1.86. The van der Waals surface area contributed by atoms with Crippen molar-refractivity contribution < 1.29 is 19.5 Å². The van der Waals surface area contributed by atoms with Crippen molar-refractivity contribution in [3.8, 4) is 5.69 Å². The fraction of sp³-hybridized carbons (Fsp3) is 0.500. The van der Waals surface area contributed by atoms with E-state index in [1.54, 1.807) is 9.36 Å². The van der Waals surface area contributed by atoms with Gasteiger partial charge in [0.25, 0.3) is 0 Å². The molecule has 0 amide bonds. The molecule has 1 aliphatic rings. The van der Waals surface area contributed by atoms with Crippen LogP contribution in [0.25, 0.3) is 5.69 Å². The lowest BCUT2D eigenvalue weighted by molar-refractivity contribution is -0.928. The molecule has 1 aliphatic heterocycles. The number of quaternary nitrogens is 1. The number of aliphatic hydroxyl groups excluding tert-OH is 1. The molecule has 2 heterocycles. The maximum atomic E-state index is 11.9. The van der Waals surface area contributed by atoms with Gasteiger partial charge in [-0.1, -0.05) is 17.7 Å². The zero-order chi connectivity index (χ0) is 18.1. The number of methoxy groups -OCH3 is 1. The van der Waals surface area contributed by atoms with Crippen molar-refractivity contribution in [3.63, 3.8) is 0 Å². The Morgan fingerprint density at radius 3 is 2.88 bits per heavy atom. The normalized spacial score (nSPS) is 23.0. The molecule has 3 atom stereocenters. The Morgan fingerprint density at radius 2 is 2.20 bits per heavy atom. The van der Waals surface area contributed by atoms with Crippen molar-refractivity contribution in [3.05, 3.63) is 34.1 Å². The largest absolute Gasteiger partial charge is 0.465 e. The van der Waals surface area contributed by atoms with Crippen molar-refractivity contribution >= 4 is 18.2 Å². The van der Waals surface area contributed by atoms with E-state index in [-0.39, 0.29) is 5.97 Å². The van der Waals surface area contributed by atoms with Crippen LogP contribution in [0.5, 0.6) is 0 Å². The van der Waals surface area contributed by atoms with Gasteiger partial charge in [-0.05, 0) is 48.1 Å². The van der Waals surface area contributed by atoms with Crippen LogP contribution in [-0.4, -0.2) is 56.7 Å². The number of aryl methyl sites for hydroxylation is 2. The highest BCUT2D eigenvalue weighted by atomic mass is 32.1. The van der Waals surface area contributed by atoms with Gasteiger partial charge >= 0.3 is 5.97 Å². The van der Waals surface area contributed by atoms with E-state index in [1.165, 1.54) is 7.11 Å². The van der Waals surface area contributed by atoms with E-state index in [2.05, 4.69) is 16.5 Å². The summed E-state index contributed by atoms with van der Waals surface area (Å²) in [6.07, 6.45) is -0.164. The minimum absolute atomic E-state index is 0.333. The summed E-state index contributed by atoms with van der Waals surface area (Å²) >= 11 is 5.51. The molecule has 25 heavy (non-hydrogen) atoms. The molecule has 8 nitrogen and oxygen atoms in total. The minimum atomic E-state index is -0.539. The summed E-state index contributed by atoms with van der Waals surface area (Å²) in [7, 11) is 1.35. The number of carbonyl (C=O) groups excluding carboxylic acids is 1. The van der Waals surface area contributed by atoms with Gasteiger partial charge in [-0.2, -0.15) is 9.36 Å². The number of nitrogens with zero attached hydrogens (tertiary/aromatic N) is 4. The number of benzene rings is 1. The van der Waals surface area contributed by atoms with Crippen LogP contribution in [0.1, 0.15) is 17.5 Å². The topological polar surface area (TPSA) is 86.6 Å². The summed E-state index contributed by atoms with van der Waals surface area (Å²) in [5, 5.41) is 18.2. The number of likely N-dealkylation sites (tertiary alicyclic amines) is 1. The highest BCUT2D eigenvalue weighted by molar-refractivity contribution is 7.71. The first kappa shape index (κ1) is 17.7. The van der Waals surface area contributed by atoms with Crippen LogP contribution in [0.3, 0.4) is 0 Å². The maximum absolute atomic E-state index is 11.9. The van der Waals surface area contributed by atoms with Crippen LogP contribution in [0, 0.1) is 18.6 Å². The van der Waals surface area contributed by atoms with Crippen LogP contribution in [0.15, 0.2) is 18.2 Å². The molecule has 0 radical (unpaired) electrons. The molecule has 3 rings (SSSR count). The molecular weight excluding hydrogens is 342 g/mol. The first-order chi connectivity index (χ1) is 11.9. The number of hydrogen-bond acceptors (Lipinski definition) is 6. The smallest absolute Gasteiger partial charge is 0.364 e. The molecule has 1 aromatic heterocycles. The first-order valence-corrected chi connectivity index (χ1v) is 8.52. The van der Waals surface area contributed by atoms with Gasteiger partial charge in [-0.3, -0.25) is 0 Å². The molecule has 0 spiro atoms. The molecule has 2 aromatic rings. The molecule has 0 saturated carbocycles. The summed E-state index contributed by atoms with van der Waals surface area (Å²) in [4.78, 5) is 12.8. The molecule has 1 unspecified atom stereocenters. The van der Waals surface area contributed by atoms with Gasteiger partial charge in [0.05, 0.1) is 12.8 Å². The maximum Gasteiger partial charge on any atom is 0.364 e. The number of nitrogens with one attached hydrogen (secondary N) is 1. The summed E-state index contributed by atoms with van der Waals surface area (Å²) in [6.45, 7) is 4.82. The monoisotopic (exact) mass is 364 g/mol. The Kier molecular flexibility index (Phi) is 4.98. The van der Waals surface area contributed by atoms with E-state index in [9.17, 15) is 9.90 Å². The van der Waals surface area contributed by atoms with Crippen LogP contribution < -0.4 is 4.90 Å². The Bertz CT molecular complexity index is 847. The van der Waals surface area contributed by atoms with Crippen molar-refractivity contribution in [2.24, 2.45) is 0 Å². The fourth-order valence-electron chi connectivity index (χ4n) is 3.31. The number of carbonyl (C=O) groups is 1. The van der Waals surface area contributed by atoms with Crippen LogP contribution >= 0.6 is 12.2 Å². The van der Waals surface area contributed by atoms with E-state index in [1.807, 2.05) is 26.0 Å². The van der Waals surface area contributed by atoms with E-state index in [0.29, 0.717) is 24.4 Å². The van der Waals surface area contributed by atoms with Crippen LogP contribution in [0.4, 0.5) is 0 Å². The third-order valence-electron chi connectivity index (χ3n) is 4.56. The Hall–Kier alpha value is -2.10. The number of tetrazole rings is 1. The lowest BCUT2D eigenvalue weighted by Gasteiger charge is -2.18. The number of aromatic nitrogens is 4. The van der Waals surface area contributed by atoms with Crippen molar-refractivity contribution in [1.29, 1.82) is 0 Å². The second-order valence-electron chi connectivity index (χ2n) is 6.45. The van der Waals surface area contributed by atoms with Crippen molar-refractivity contribution in [2.75, 3.05) is 13.7 Å². The molecule has 0 bridgehead atoms. The van der Waals surface area contributed by atoms with Gasteiger partial charge in [0, 0.05) is 6.42 Å². The average molecular weight is 364 g/mol. The molecule has 0 aliphatic carbocycles. The first-order valence-electron chi connectivity index (χ1n) is 8.11. The number of hydrogen-bond donors (Lipinski definition) is 2. The summed E-state index contributed by atoms with van der Waals surface area (Å²) in [5.74, 6) is -0.333. The van der Waals surface area contributed by atoms with E-state index in [0.717, 1.165) is 21.7 Å². The Morgan fingerprint density at radius 1 is 1.44 bits per heavy atom. The molecular formula is C16H22N5O3S+. The number of ether oxygens (including phenoxy) is 1. The second kappa shape index (κ2) is 7.03. The average Bonchev–Trinajstić information content (AvgIpc) is 3.11. The van der Waals surface area contributed by atoms with E-state index < -0.39 is 12.1 Å². The van der Waals surface area contributed by atoms with Gasteiger partial charge in [-0.25, -0.2) is 4.79 Å². The lowest BCUT2D eigenvalue weighted by Crippen LogP contribution is -3.14. The predicted molar refractivity (Wildman–Crippen MR) is 91.9 cm³/mol. The minimum Gasteiger partial charge on any atom is -0.465 e. The quantitative estimate of drug-likeness (QED) is 0.565. The van der Waals surface area contributed by atoms with Crippen molar-refractivity contribution in [1.82, 2.24) is 19.8 Å². The molecule has 1 fully saturated rings. The number of esters is 1. The van der Waals surface area contributed by atoms with Crippen LogP contribution in [0.2, 0.25) is 0 Å². The van der Waals surface area contributed by atoms with Gasteiger partial charge in [0.1, 0.15) is 12.6 Å². The van der Waals surface area contributed by atoms with E-state index in [4.69, 9.17) is 17.0 Å².